The lowest BCUT2D eigenvalue weighted by atomic mass is 9.95. The van der Waals surface area contributed by atoms with Gasteiger partial charge in [-0.15, -0.1) is 0 Å². The van der Waals surface area contributed by atoms with Crippen molar-refractivity contribution in [2.24, 2.45) is 5.92 Å². The molecule has 3 heterocycles. The summed E-state index contributed by atoms with van der Waals surface area (Å²) < 4.78 is 1.84. The zero-order valence-corrected chi connectivity index (χ0v) is 16.1. The average molecular weight is 356 g/mol. The molecule has 2 aromatic rings. The normalized spacial score (nSPS) is 16.5. The molecule has 7 nitrogen and oxygen atoms in total. The zero-order chi connectivity index (χ0) is 18.7. The molecule has 0 unspecified atom stereocenters. The van der Waals surface area contributed by atoms with Gasteiger partial charge in [-0.3, -0.25) is 4.79 Å². The SMILES string of the molecule is CC[C@H](C)NC(=O)C1CCN(c2nccc(-n3nc(C)cc3C)n2)CC1. The van der Waals surface area contributed by atoms with Crippen molar-refractivity contribution in [1.29, 1.82) is 0 Å². The summed E-state index contributed by atoms with van der Waals surface area (Å²) in [5, 5.41) is 7.59. The smallest absolute Gasteiger partial charge is 0.227 e. The number of nitrogens with zero attached hydrogens (tertiary/aromatic N) is 5. The van der Waals surface area contributed by atoms with Gasteiger partial charge in [0.05, 0.1) is 5.69 Å². The molecule has 7 heteroatoms. The second-order valence-corrected chi connectivity index (χ2v) is 7.13. The van der Waals surface area contributed by atoms with E-state index in [2.05, 4.69) is 32.2 Å². The van der Waals surface area contributed by atoms with E-state index in [-0.39, 0.29) is 17.9 Å². The van der Waals surface area contributed by atoms with E-state index in [9.17, 15) is 4.79 Å². The van der Waals surface area contributed by atoms with Crippen LogP contribution in [0.1, 0.15) is 44.5 Å². The Morgan fingerprint density at radius 2 is 2.08 bits per heavy atom. The first kappa shape index (κ1) is 18.4. The second-order valence-electron chi connectivity index (χ2n) is 7.13. The number of hydrogen-bond acceptors (Lipinski definition) is 5. The maximum Gasteiger partial charge on any atom is 0.227 e. The number of piperidine rings is 1. The number of carbonyl (C=O) groups is 1. The maximum absolute atomic E-state index is 12.3. The fourth-order valence-electron chi connectivity index (χ4n) is 3.27. The molecule has 1 amide bonds. The minimum atomic E-state index is 0.0828. The van der Waals surface area contributed by atoms with Crippen LogP contribution < -0.4 is 10.2 Å². The molecule has 0 bridgehead atoms. The third-order valence-corrected chi connectivity index (χ3v) is 5.00. The van der Waals surface area contributed by atoms with E-state index in [1.54, 1.807) is 6.20 Å². The average Bonchev–Trinajstić information content (AvgIpc) is 3.00. The van der Waals surface area contributed by atoms with Gasteiger partial charge in [-0.25, -0.2) is 9.67 Å². The van der Waals surface area contributed by atoms with Gasteiger partial charge in [-0.1, -0.05) is 6.92 Å². The van der Waals surface area contributed by atoms with E-state index in [1.165, 1.54) is 0 Å². The first-order chi connectivity index (χ1) is 12.5. The molecule has 1 saturated heterocycles. The molecule has 0 aliphatic carbocycles. The third-order valence-electron chi connectivity index (χ3n) is 5.00. The van der Waals surface area contributed by atoms with Crippen LogP contribution in [0.3, 0.4) is 0 Å². The van der Waals surface area contributed by atoms with Gasteiger partial charge in [0, 0.05) is 43.0 Å². The molecule has 1 aliphatic rings. The van der Waals surface area contributed by atoms with E-state index >= 15 is 0 Å². The predicted molar refractivity (Wildman–Crippen MR) is 101 cm³/mol. The predicted octanol–water partition coefficient (Wildman–Crippen LogP) is 2.41. The van der Waals surface area contributed by atoms with Crippen LogP contribution in [-0.2, 0) is 4.79 Å². The van der Waals surface area contributed by atoms with Crippen molar-refractivity contribution in [3.05, 3.63) is 29.7 Å². The van der Waals surface area contributed by atoms with Crippen LogP contribution in [0, 0.1) is 19.8 Å². The Morgan fingerprint density at radius 1 is 1.35 bits per heavy atom. The van der Waals surface area contributed by atoms with Gasteiger partial charge in [-0.2, -0.15) is 10.1 Å². The fourth-order valence-corrected chi connectivity index (χ4v) is 3.27. The van der Waals surface area contributed by atoms with Crippen LogP contribution in [0.25, 0.3) is 5.82 Å². The largest absolute Gasteiger partial charge is 0.353 e. The number of amides is 1. The Morgan fingerprint density at radius 3 is 2.69 bits per heavy atom. The standard InChI is InChI=1S/C19H28N6O/c1-5-13(2)21-18(26)16-7-10-24(11-8-16)19-20-9-6-17(22-19)25-15(4)12-14(3)23-25/h6,9,12-13,16H,5,7-8,10-11H2,1-4H3,(H,21,26)/t13-/m0/s1. The summed E-state index contributed by atoms with van der Waals surface area (Å²) in [5.41, 5.74) is 2.02. The zero-order valence-electron chi connectivity index (χ0n) is 16.1. The number of rotatable bonds is 5. The Kier molecular flexibility index (Phi) is 5.54. The molecule has 2 aromatic heterocycles. The van der Waals surface area contributed by atoms with Crippen LogP contribution in [0.15, 0.2) is 18.3 Å². The van der Waals surface area contributed by atoms with Crippen molar-refractivity contribution < 1.29 is 4.79 Å². The quantitative estimate of drug-likeness (QED) is 0.890. The molecule has 0 aromatic carbocycles. The third kappa shape index (κ3) is 4.03. The highest BCUT2D eigenvalue weighted by Crippen LogP contribution is 2.22. The topological polar surface area (TPSA) is 75.9 Å². The summed E-state index contributed by atoms with van der Waals surface area (Å²) in [6.07, 6.45) is 4.39. The summed E-state index contributed by atoms with van der Waals surface area (Å²) >= 11 is 0. The van der Waals surface area contributed by atoms with Crippen molar-refractivity contribution in [2.45, 2.75) is 53.0 Å². The lowest BCUT2D eigenvalue weighted by molar-refractivity contribution is -0.126. The summed E-state index contributed by atoms with van der Waals surface area (Å²) in [6.45, 7) is 9.70. The van der Waals surface area contributed by atoms with Gasteiger partial charge >= 0.3 is 0 Å². The van der Waals surface area contributed by atoms with Crippen LogP contribution in [-0.4, -0.2) is 44.8 Å². The van der Waals surface area contributed by atoms with Crippen LogP contribution >= 0.6 is 0 Å². The van der Waals surface area contributed by atoms with Crippen molar-refractivity contribution in [3.63, 3.8) is 0 Å². The first-order valence-corrected chi connectivity index (χ1v) is 9.40. The highest BCUT2D eigenvalue weighted by Gasteiger charge is 2.26. The van der Waals surface area contributed by atoms with E-state index in [1.807, 2.05) is 37.6 Å². The molecule has 3 rings (SSSR count). The van der Waals surface area contributed by atoms with E-state index in [0.29, 0.717) is 5.95 Å². The molecule has 0 radical (unpaired) electrons. The molecule has 140 valence electrons. The minimum absolute atomic E-state index is 0.0828. The van der Waals surface area contributed by atoms with Gasteiger partial charge in [0.15, 0.2) is 5.82 Å². The summed E-state index contributed by atoms with van der Waals surface area (Å²) in [7, 11) is 0. The molecule has 0 saturated carbocycles. The Hall–Kier alpha value is -2.44. The molecule has 26 heavy (non-hydrogen) atoms. The van der Waals surface area contributed by atoms with Gasteiger partial charge in [0.2, 0.25) is 11.9 Å². The summed E-state index contributed by atoms with van der Waals surface area (Å²) in [5.74, 6) is 1.74. The van der Waals surface area contributed by atoms with Gasteiger partial charge in [0.25, 0.3) is 0 Å². The summed E-state index contributed by atoms with van der Waals surface area (Å²) in [4.78, 5) is 23.6. The van der Waals surface area contributed by atoms with Gasteiger partial charge < -0.3 is 10.2 Å². The maximum atomic E-state index is 12.3. The van der Waals surface area contributed by atoms with E-state index < -0.39 is 0 Å². The molecule has 0 spiro atoms. The van der Waals surface area contributed by atoms with E-state index in [0.717, 1.165) is 49.6 Å². The molecule has 1 fully saturated rings. The highest BCUT2D eigenvalue weighted by molar-refractivity contribution is 5.79. The number of hydrogen-bond donors (Lipinski definition) is 1. The lowest BCUT2D eigenvalue weighted by Gasteiger charge is -2.32. The van der Waals surface area contributed by atoms with Crippen molar-refractivity contribution in [3.8, 4) is 5.82 Å². The van der Waals surface area contributed by atoms with Crippen LogP contribution in [0.5, 0.6) is 0 Å². The first-order valence-electron chi connectivity index (χ1n) is 9.40. The monoisotopic (exact) mass is 356 g/mol. The van der Waals surface area contributed by atoms with Crippen molar-refractivity contribution in [1.82, 2.24) is 25.1 Å². The molecule has 1 N–H and O–H groups in total. The van der Waals surface area contributed by atoms with Crippen molar-refractivity contribution >= 4 is 11.9 Å². The lowest BCUT2D eigenvalue weighted by Crippen LogP contribution is -2.43. The Balaban J connectivity index is 1.66. The highest BCUT2D eigenvalue weighted by atomic mass is 16.1. The number of aryl methyl sites for hydroxylation is 2. The van der Waals surface area contributed by atoms with Crippen molar-refractivity contribution in [2.75, 3.05) is 18.0 Å². The Labute approximate surface area is 154 Å². The van der Waals surface area contributed by atoms with Gasteiger partial charge in [0.1, 0.15) is 0 Å². The number of carbonyl (C=O) groups excluding carboxylic acids is 1. The molecular formula is C19H28N6O. The van der Waals surface area contributed by atoms with E-state index in [4.69, 9.17) is 0 Å². The molecular weight excluding hydrogens is 328 g/mol. The summed E-state index contributed by atoms with van der Waals surface area (Å²) in [6, 6.07) is 4.14. The molecule has 1 atom stereocenters. The number of aromatic nitrogens is 4. The minimum Gasteiger partial charge on any atom is -0.353 e. The second kappa shape index (κ2) is 7.85. The fraction of sp³-hybridized carbons (Fsp3) is 0.579. The number of anilines is 1. The van der Waals surface area contributed by atoms with Gasteiger partial charge in [-0.05, 0) is 46.1 Å². The van der Waals surface area contributed by atoms with Crippen LogP contribution in [0.4, 0.5) is 5.95 Å². The Bertz CT molecular complexity index is 763. The molecule has 1 aliphatic heterocycles. The van der Waals surface area contributed by atoms with Crippen LogP contribution in [0.2, 0.25) is 0 Å². The number of nitrogens with one attached hydrogen (secondary N) is 1.